The Morgan fingerprint density at radius 2 is 1.90 bits per heavy atom. The summed E-state index contributed by atoms with van der Waals surface area (Å²) in [5.74, 6) is 0.708. The fourth-order valence-corrected chi connectivity index (χ4v) is 2.60. The van der Waals surface area contributed by atoms with E-state index in [4.69, 9.17) is 4.98 Å². The van der Waals surface area contributed by atoms with Gasteiger partial charge in [0.15, 0.2) is 0 Å². The second-order valence-corrected chi connectivity index (χ2v) is 5.03. The summed E-state index contributed by atoms with van der Waals surface area (Å²) in [7, 11) is 0. The standard InChI is InChI=1S/C17H22N2O2/c1-4-9-14-12(5-2)17(21)19(6-3)16(18-14)13-10-7-8-11-15(13)20/h7-8,10-11,20H,4-6,9H2,1-3H3. The summed E-state index contributed by atoms with van der Waals surface area (Å²) in [6.07, 6.45) is 2.40. The van der Waals surface area contributed by atoms with Crippen LogP contribution in [0, 0.1) is 0 Å². The zero-order valence-electron chi connectivity index (χ0n) is 12.9. The predicted molar refractivity (Wildman–Crippen MR) is 84.6 cm³/mol. The number of phenolic OH excluding ortho intramolecular Hbond substituents is 1. The molecule has 1 aromatic carbocycles. The number of rotatable bonds is 5. The first-order valence-electron chi connectivity index (χ1n) is 7.54. The molecule has 21 heavy (non-hydrogen) atoms. The first kappa shape index (κ1) is 15.3. The highest BCUT2D eigenvalue weighted by Crippen LogP contribution is 2.27. The van der Waals surface area contributed by atoms with E-state index in [9.17, 15) is 9.90 Å². The summed E-state index contributed by atoms with van der Waals surface area (Å²) in [6.45, 7) is 6.52. The Morgan fingerprint density at radius 1 is 1.19 bits per heavy atom. The lowest BCUT2D eigenvalue weighted by atomic mass is 10.1. The highest BCUT2D eigenvalue weighted by molar-refractivity contribution is 5.64. The average molecular weight is 286 g/mol. The van der Waals surface area contributed by atoms with Gasteiger partial charge < -0.3 is 5.11 Å². The molecule has 2 rings (SSSR count). The molecule has 0 amide bonds. The summed E-state index contributed by atoms with van der Waals surface area (Å²) in [5.41, 5.74) is 2.26. The number of aromatic hydroxyl groups is 1. The van der Waals surface area contributed by atoms with Gasteiger partial charge in [0.25, 0.3) is 5.56 Å². The Balaban J connectivity index is 2.76. The van der Waals surface area contributed by atoms with Crippen molar-refractivity contribution in [3.05, 3.63) is 45.9 Å². The molecular weight excluding hydrogens is 264 g/mol. The van der Waals surface area contributed by atoms with Crippen LogP contribution in [-0.4, -0.2) is 14.7 Å². The van der Waals surface area contributed by atoms with E-state index in [-0.39, 0.29) is 11.3 Å². The second kappa shape index (κ2) is 6.57. The van der Waals surface area contributed by atoms with E-state index in [0.29, 0.717) is 24.4 Å². The van der Waals surface area contributed by atoms with Crippen molar-refractivity contribution in [2.75, 3.05) is 0 Å². The van der Waals surface area contributed by atoms with Gasteiger partial charge in [0.2, 0.25) is 0 Å². The molecule has 0 radical (unpaired) electrons. The summed E-state index contributed by atoms with van der Waals surface area (Å²) >= 11 is 0. The number of phenols is 1. The van der Waals surface area contributed by atoms with E-state index >= 15 is 0 Å². The summed E-state index contributed by atoms with van der Waals surface area (Å²) in [6, 6.07) is 7.02. The fraction of sp³-hybridized carbons (Fsp3) is 0.412. The number of nitrogens with zero attached hydrogens (tertiary/aromatic N) is 2. The minimum Gasteiger partial charge on any atom is -0.507 e. The van der Waals surface area contributed by atoms with Gasteiger partial charge in [-0.1, -0.05) is 32.4 Å². The summed E-state index contributed by atoms with van der Waals surface area (Å²) in [4.78, 5) is 17.4. The molecule has 0 unspecified atom stereocenters. The monoisotopic (exact) mass is 286 g/mol. The van der Waals surface area contributed by atoms with E-state index in [2.05, 4.69) is 6.92 Å². The van der Waals surface area contributed by atoms with Gasteiger partial charge in [0.1, 0.15) is 11.6 Å². The topological polar surface area (TPSA) is 55.1 Å². The fourth-order valence-electron chi connectivity index (χ4n) is 2.60. The molecule has 0 saturated heterocycles. The molecule has 1 N–H and O–H groups in total. The molecule has 0 spiro atoms. The number of aryl methyl sites for hydroxylation is 1. The predicted octanol–water partition coefficient (Wildman–Crippen LogP) is 3.15. The van der Waals surface area contributed by atoms with Gasteiger partial charge in [-0.25, -0.2) is 4.98 Å². The highest BCUT2D eigenvalue weighted by atomic mass is 16.3. The minimum absolute atomic E-state index is 0.0108. The van der Waals surface area contributed by atoms with Crippen LogP contribution in [0.3, 0.4) is 0 Å². The molecule has 0 bridgehead atoms. The molecule has 1 heterocycles. The first-order chi connectivity index (χ1) is 10.1. The lowest BCUT2D eigenvalue weighted by molar-refractivity contribution is 0.476. The van der Waals surface area contributed by atoms with E-state index < -0.39 is 0 Å². The van der Waals surface area contributed by atoms with Crippen molar-refractivity contribution >= 4 is 0 Å². The molecule has 1 aromatic heterocycles. The van der Waals surface area contributed by atoms with Crippen LogP contribution in [-0.2, 0) is 19.4 Å². The average Bonchev–Trinajstić information content (AvgIpc) is 2.48. The van der Waals surface area contributed by atoms with Gasteiger partial charge in [-0.05, 0) is 31.9 Å². The summed E-state index contributed by atoms with van der Waals surface area (Å²) < 4.78 is 1.65. The van der Waals surface area contributed by atoms with Crippen molar-refractivity contribution in [1.29, 1.82) is 0 Å². The first-order valence-corrected chi connectivity index (χ1v) is 7.54. The van der Waals surface area contributed by atoms with Crippen LogP contribution in [0.1, 0.15) is 38.4 Å². The van der Waals surface area contributed by atoms with E-state index in [1.165, 1.54) is 0 Å². The maximum absolute atomic E-state index is 12.7. The molecule has 4 heteroatoms. The van der Waals surface area contributed by atoms with Gasteiger partial charge in [-0.3, -0.25) is 9.36 Å². The number of hydrogen-bond donors (Lipinski definition) is 1. The molecule has 0 atom stereocenters. The largest absolute Gasteiger partial charge is 0.507 e. The van der Waals surface area contributed by atoms with Crippen molar-refractivity contribution in [2.24, 2.45) is 0 Å². The number of benzene rings is 1. The molecule has 0 aliphatic carbocycles. The molecule has 0 fully saturated rings. The van der Waals surface area contributed by atoms with E-state index in [1.54, 1.807) is 22.8 Å². The quantitative estimate of drug-likeness (QED) is 0.918. The molecule has 0 saturated carbocycles. The molecular formula is C17H22N2O2. The summed E-state index contributed by atoms with van der Waals surface area (Å²) in [5, 5.41) is 10.1. The molecule has 112 valence electrons. The number of hydrogen-bond acceptors (Lipinski definition) is 3. The molecule has 0 aliphatic heterocycles. The Morgan fingerprint density at radius 3 is 2.48 bits per heavy atom. The highest BCUT2D eigenvalue weighted by Gasteiger charge is 2.17. The normalized spacial score (nSPS) is 10.8. The van der Waals surface area contributed by atoms with E-state index in [0.717, 1.165) is 24.1 Å². The van der Waals surface area contributed by atoms with Crippen LogP contribution in [0.15, 0.2) is 29.1 Å². The molecule has 4 nitrogen and oxygen atoms in total. The number of aromatic nitrogens is 2. The van der Waals surface area contributed by atoms with Gasteiger partial charge in [0.05, 0.1) is 11.3 Å². The maximum atomic E-state index is 12.7. The third-order valence-electron chi connectivity index (χ3n) is 3.65. The zero-order chi connectivity index (χ0) is 15.4. The lowest BCUT2D eigenvalue weighted by Gasteiger charge is -2.16. The Hall–Kier alpha value is -2.10. The van der Waals surface area contributed by atoms with Gasteiger partial charge in [-0.2, -0.15) is 0 Å². The van der Waals surface area contributed by atoms with Crippen molar-refractivity contribution in [1.82, 2.24) is 9.55 Å². The van der Waals surface area contributed by atoms with Crippen LogP contribution in [0.25, 0.3) is 11.4 Å². The molecule has 0 aliphatic rings. The van der Waals surface area contributed by atoms with Crippen LogP contribution < -0.4 is 5.56 Å². The van der Waals surface area contributed by atoms with Crippen molar-refractivity contribution < 1.29 is 5.11 Å². The third kappa shape index (κ3) is 2.84. The Kier molecular flexibility index (Phi) is 4.78. The van der Waals surface area contributed by atoms with Crippen molar-refractivity contribution in [3.63, 3.8) is 0 Å². The van der Waals surface area contributed by atoms with Gasteiger partial charge in [-0.15, -0.1) is 0 Å². The van der Waals surface area contributed by atoms with Crippen molar-refractivity contribution in [3.8, 4) is 17.1 Å². The maximum Gasteiger partial charge on any atom is 0.257 e. The van der Waals surface area contributed by atoms with Gasteiger partial charge in [0, 0.05) is 12.1 Å². The smallest absolute Gasteiger partial charge is 0.257 e. The zero-order valence-corrected chi connectivity index (χ0v) is 12.9. The Labute approximate surface area is 125 Å². The number of para-hydroxylation sites is 1. The Bertz CT molecular complexity index is 690. The third-order valence-corrected chi connectivity index (χ3v) is 3.65. The lowest BCUT2D eigenvalue weighted by Crippen LogP contribution is -2.28. The minimum atomic E-state index is 0.0108. The second-order valence-electron chi connectivity index (χ2n) is 5.03. The SMILES string of the molecule is CCCc1nc(-c2ccccc2O)n(CC)c(=O)c1CC. The van der Waals surface area contributed by atoms with Crippen LogP contribution in [0.4, 0.5) is 0 Å². The molecule has 2 aromatic rings. The van der Waals surface area contributed by atoms with Crippen LogP contribution in [0.2, 0.25) is 0 Å². The van der Waals surface area contributed by atoms with Gasteiger partial charge >= 0.3 is 0 Å². The van der Waals surface area contributed by atoms with Crippen LogP contribution in [0.5, 0.6) is 5.75 Å². The van der Waals surface area contributed by atoms with Crippen LogP contribution >= 0.6 is 0 Å². The van der Waals surface area contributed by atoms with Crippen molar-refractivity contribution in [2.45, 2.75) is 46.6 Å². The van der Waals surface area contributed by atoms with E-state index in [1.807, 2.05) is 19.9 Å².